The van der Waals surface area contributed by atoms with Crippen LogP contribution in [-0.2, 0) is 9.53 Å². The average Bonchev–Trinajstić information content (AvgIpc) is 2.82. The van der Waals surface area contributed by atoms with E-state index in [1.165, 1.54) is 4.90 Å². The predicted molar refractivity (Wildman–Crippen MR) is 66.4 cm³/mol. The van der Waals surface area contributed by atoms with Crippen molar-refractivity contribution in [3.63, 3.8) is 0 Å². The van der Waals surface area contributed by atoms with E-state index in [-0.39, 0.29) is 12.1 Å². The molecule has 1 aliphatic heterocycles. The summed E-state index contributed by atoms with van der Waals surface area (Å²) in [4.78, 5) is 24.1. The minimum Gasteiger partial charge on any atom is -0.480 e. The Hall–Kier alpha value is -1.56. The van der Waals surface area contributed by atoms with Crippen LogP contribution in [0.4, 0.5) is 4.79 Å². The Kier molecular flexibility index (Phi) is 5.64. The molecule has 1 heterocycles. The molecule has 18 heavy (non-hydrogen) atoms. The number of nitrogens with zero attached hydrogens (tertiary/aromatic N) is 1. The maximum Gasteiger partial charge on any atom is 0.326 e. The van der Waals surface area contributed by atoms with Crippen LogP contribution in [0.2, 0.25) is 0 Å². The molecule has 6 nitrogen and oxygen atoms in total. The molecule has 0 aromatic carbocycles. The third-order valence-electron chi connectivity index (χ3n) is 2.84. The molecule has 0 radical (unpaired) electrons. The number of aliphatic carboxylic acids is 1. The largest absolute Gasteiger partial charge is 0.480 e. The van der Waals surface area contributed by atoms with E-state index in [0.29, 0.717) is 26.1 Å². The Morgan fingerprint density at radius 3 is 3.00 bits per heavy atom. The maximum absolute atomic E-state index is 11.8. The van der Waals surface area contributed by atoms with E-state index in [0.717, 1.165) is 6.42 Å². The van der Waals surface area contributed by atoms with E-state index in [1.807, 2.05) is 6.92 Å². The maximum atomic E-state index is 11.8. The van der Waals surface area contributed by atoms with Crippen LogP contribution in [0.1, 0.15) is 19.8 Å². The second-order valence-corrected chi connectivity index (χ2v) is 4.31. The fraction of sp³-hybridized carbons (Fsp3) is 0.667. The molecule has 6 heteroatoms. The van der Waals surface area contributed by atoms with Crippen LogP contribution in [-0.4, -0.2) is 53.8 Å². The van der Waals surface area contributed by atoms with E-state index in [2.05, 4.69) is 11.9 Å². The molecule has 0 aromatic heterocycles. The van der Waals surface area contributed by atoms with Gasteiger partial charge in [0.2, 0.25) is 0 Å². The van der Waals surface area contributed by atoms with Crippen molar-refractivity contribution < 1.29 is 19.4 Å². The van der Waals surface area contributed by atoms with Crippen LogP contribution in [0.5, 0.6) is 0 Å². The number of hydrogen-bond donors (Lipinski definition) is 2. The van der Waals surface area contributed by atoms with Crippen LogP contribution in [0.3, 0.4) is 0 Å². The van der Waals surface area contributed by atoms with Crippen molar-refractivity contribution in [2.75, 3.05) is 19.7 Å². The first-order chi connectivity index (χ1) is 8.56. The molecule has 102 valence electrons. The zero-order chi connectivity index (χ0) is 13.5. The molecule has 0 bridgehead atoms. The third-order valence-corrected chi connectivity index (χ3v) is 2.84. The minimum atomic E-state index is -0.946. The van der Waals surface area contributed by atoms with Crippen molar-refractivity contribution in [1.82, 2.24) is 10.2 Å². The topological polar surface area (TPSA) is 78.9 Å². The first-order valence-electron chi connectivity index (χ1n) is 6.06. The van der Waals surface area contributed by atoms with Gasteiger partial charge in [-0.25, -0.2) is 9.59 Å². The number of carbonyl (C=O) groups is 2. The number of rotatable bonds is 6. The smallest absolute Gasteiger partial charge is 0.326 e. The summed E-state index contributed by atoms with van der Waals surface area (Å²) in [5.74, 6) is -0.946. The molecule has 2 atom stereocenters. The number of hydrogen-bond acceptors (Lipinski definition) is 3. The van der Waals surface area contributed by atoms with Crippen LogP contribution in [0, 0.1) is 0 Å². The van der Waals surface area contributed by atoms with Gasteiger partial charge in [0, 0.05) is 13.1 Å². The van der Waals surface area contributed by atoms with Gasteiger partial charge in [0.05, 0.1) is 12.7 Å². The summed E-state index contributed by atoms with van der Waals surface area (Å²) < 4.78 is 5.31. The van der Waals surface area contributed by atoms with E-state index in [4.69, 9.17) is 9.84 Å². The highest BCUT2D eigenvalue weighted by Gasteiger charge is 2.33. The SMILES string of the molecule is C=CCOC(C)CNC(=O)N1CCCC1C(=O)O. The van der Waals surface area contributed by atoms with E-state index in [1.54, 1.807) is 6.08 Å². The van der Waals surface area contributed by atoms with Crippen molar-refractivity contribution in [3.05, 3.63) is 12.7 Å². The molecule has 1 saturated heterocycles. The highest BCUT2D eigenvalue weighted by molar-refractivity contribution is 5.83. The summed E-state index contributed by atoms with van der Waals surface area (Å²) >= 11 is 0. The Balaban J connectivity index is 2.36. The molecule has 0 aliphatic carbocycles. The second-order valence-electron chi connectivity index (χ2n) is 4.31. The summed E-state index contributed by atoms with van der Waals surface area (Å²) in [6.45, 7) is 6.65. The van der Waals surface area contributed by atoms with Gasteiger partial charge in [-0.1, -0.05) is 6.08 Å². The van der Waals surface area contributed by atoms with Crippen molar-refractivity contribution in [2.24, 2.45) is 0 Å². The molecule has 2 N–H and O–H groups in total. The third kappa shape index (κ3) is 4.03. The van der Waals surface area contributed by atoms with E-state index in [9.17, 15) is 9.59 Å². The number of carbonyl (C=O) groups excluding carboxylic acids is 1. The van der Waals surface area contributed by atoms with Crippen molar-refractivity contribution in [1.29, 1.82) is 0 Å². The molecular formula is C12H20N2O4. The van der Waals surface area contributed by atoms with Crippen LogP contribution in [0.15, 0.2) is 12.7 Å². The van der Waals surface area contributed by atoms with Crippen LogP contribution < -0.4 is 5.32 Å². The Labute approximate surface area is 107 Å². The summed E-state index contributed by atoms with van der Waals surface area (Å²) in [6.07, 6.45) is 2.76. The van der Waals surface area contributed by atoms with Gasteiger partial charge in [-0.05, 0) is 19.8 Å². The van der Waals surface area contributed by atoms with Gasteiger partial charge in [-0.3, -0.25) is 0 Å². The molecule has 1 rings (SSSR count). The number of amides is 2. The molecular weight excluding hydrogens is 236 g/mol. The van der Waals surface area contributed by atoms with Gasteiger partial charge in [0.15, 0.2) is 0 Å². The Morgan fingerprint density at radius 2 is 2.39 bits per heavy atom. The lowest BCUT2D eigenvalue weighted by molar-refractivity contribution is -0.141. The molecule has 0 saturated carbocycles. The molecule has 2 unspecified atom stereocenters. The molecule has 2 amide bonds. The first kappa shape index (κ1) is 14.5. The lowest BCUT2D eigenvalue weighted by Crippen LogP contribution is -2.47. The Bertz CT molecular complexity index is 319. The number of urea groups is 1. The fourth-order valence-corrected chi connectivity index (χ4v) is 1.89. The monoisotopic (exact) mass is 256 g/mol. The summed E-state index contributed by atoms with van der Waals surface area (Å²) in [7, 11) is 0. The standard InChI is InChI=1S/C12H20N2O4/c1-3-7-18-9(2)8-13-12(17)14-6-4-5-10(14)11(15)16/h3,9-10H,1,4-8H2,2H3,(H,13,17)(H,15,16). The number of nitrogens with one attached hydrogen (secondary N) is 1. The van der Waals surface area contributed by atoms with Crippen molar-refractivity contribution in [3.8, 4) is 0 Å². The number of carboxylic acid groups (broad SMARTS) is 1. The summed E-state index contributed by atoms with van der Waals surface area (Å²) in [6, 6.07) is -1.04. The molecule has 0 spiro atoms. The molecule has 1 aliphatic rings. The number of ether oxygens (including phenoxy) is 1. The van der Waals surface area contributed by atoms with Gasteiger partial charge >= 0.3 is 12.0 Å². The van der Waals surface area contributed by atoms with Crippen LogP contribution in [0.25, 0.3) is 0 Å². The first-order valence-corrected chi connectivity index (χ1v) is 6.06. The quantitative estimate of drug-likeness (QED) is 0.690. The van der Waals surface area contributed by atoms with Gasteiger partial charge in [0.1, 0.15) is 6.04 Å². The zero-order valence-electron chi connectivity index (χ0n) is 10.6. The lowest BCUT2D eigenvalue weighted by Gasteiger charge is -2.23. The number of carboxylic acids is 1. The summed E-state index contributed by atoms with van der Waals surface area (Å²) in [5, 5.41) is 11.7. The van der Waals surface area contributed by atoms with Crippen molar-refractivity contribution >= 4 is 12.0 Å². The Morgan fingerprint density at radius 1 is 1.67 bits per heavy atom. The van der Waals surface area contributed by atoms with Gasteiger partial charge in [-0.15, -0.1) is 6.58 Å². The van der Waals surface area contributed by atoms with Gasteiger partial charge in [0.25, 0.3) is 0 Å². The predicted octanol–water partition coefficient (Wildman–Crippen LogP) is 0.836. The normalized spacial score (nSPS) is 20.5. The number of likely N-dealkylation sites (tertiary alicyclic amines) is 1. The van der Waals surface area contributed by atoms with E-state index >= 15 is 0 Å². The van der Waals surface area contributed by atoms with Crippen molar-refractivity contribution in [2.45, 2.75) is 31.9 Å². The molecule has 0 aromatic rings. The lowest BCUT2D eigenvalue weighted by atomic mass is 10.2. The van der Waals surface area contributed by atoms with Gasteiger partial charge in [-0.2, -0.15) is 0 Å². The summed E-state index contributed by atoms with van der Waals surface area (Å²) in [5.41, 5.74) is 0. The van der Waals surface area contributed by atoms with Crippen LogP contribution >= 0.6 is 0 Å². The molecule has 1 fully saturated rings. The highest BCUT2D eigenvalue weighted by atomic mass is 16.5. The zero-order valence-corrected chi connectivity index (χ0v) is 10.6. The van der Waals surface area contributed by atoms with E-state index < -0.39 is 12.0 Å². The minimum absolute atomic E-state index is 0.127. The second kappa shape index (κ2) is 7.00. The van der Waals surface area contributed by atoms with Gasteiger partial charge < -0.3 is 20.1 Å². The highest BCUT2D eigenvalue weighted by Crippen LogP contribution is 2.17. The fourth-order valence-electron chi connectivity index (χ4n) is 1.89. The average molecular weight is 256 g/mol.